The summed E-state index contributed by atoms with van der Waals surface area (Å²) in [6, 6.07) is 9.52. The van der Waals surface area contributed by atoms with Crippen molar-refractivity contribution in [3.8, 4) is 0 Å². The fourth-order valence-corrected chi connectivity index (χ4v) is 2.79. The topological polar surface area (TPSA) is 90.5 Å². The van der Waals surface area contributed by atoms with Crippen LogP contribution in [-0.4, -0.2) is 23.6 Å². The van der Waals surface area contributed by atoms with Crippen molar-refractivity contribution in [2.75, 3.05) is 12.4 Å². The number of nitrogens with zero attached hydrogens (tertiary/aromatic N) is 1. The van der Waals surface area contributed by atoms with Crippen molar-refractivity contribution in [2.45, 2.75) is 13.5 Å². The van der Waals surface area contributed by atoms with Crippen LogP contribution in [0.2, 0.25) is 5.02 Å². The molecule has 26 heavy (non-hydrogen) atoms. The number of aromatic nitrogens is 1. The number of fused-ring (bicyclic) bond motifs is 1. The van der Waals surface area contributed by atoms with Gasteiger partial charge in [0.1, 0.15) is 6.54 Å². The molecule has 134 valence electrons. The number of rotatable bonds is 4. The van der Waals surface area contributed by atoms with Gasteiger partial charge in [-0.3, -0.25) is 9.36 Å². The number of aryl methyl sites for hydroxylation is 1. The number of ether oxygens (including phenoxy) is 1. The fraction of sp³-hybridized carbons (Fsp3) is 0.167. The highest BCUT2D eigenvalue weighted by Crippen LogP contribution is 2.20. The third-order valence-corrected chi connectivity index (χ3v) is 4.09. The Morgan fingerprint density at radius 2 is 2.00 bits per heavy atom. The molecule has 0 atom stereocenters. The van der Waals surface area contributed by atoms with Gasteiger partial charge in [-0.05, 0) is 48.9 Å². The zero-order chi connectivity index (χ0) is 18.8. The smallest absolute Gasteiger partial charge is 0.420 e. The van der Waals surface area contributed by atoms with E-state index in [0.29, 0.717) is 16.2 Å². The highest BCUT2D eigenvalue weighted by Gasteiger charge is 2.16. The van der Waals surface area contributed by atoms with Crippen molar-refractivity contribution in [2.24, 2.45) is 0 Å². The minimum Gasteiger partial charge on any atom is -0.465 e. The number of methoxy groups -OCH3 is 1. The molecule has 1 amide bonds. The molecule has 0 bridgehead atoms. The van der Waals surface area contributed by atoms with Gasteiger partial charge in [-0.1, -0.05) is 11.6 Å². The second kappa shape index (κ2) is 7.05. The molecule has 8 heteroatoms. The van der Waals surface area contributed by atoms with Crippen LogP contribution in [0.15, 0.2) is 45.6 Å². The van der Waals surface area contributed by atoms with Crippen LogP contribution in [0.25, 0.3) is 11.1 Å². The molecule has 3 aromatic rings. The van der Waals surface area contributed by atoms with E-state index in [1.807, 2.05) is 6.92 Å². The Kier molecular flexibility index (Phi) is 4.81. The maximum absolute atomic E-state index is 12.3. The van der Waals surface area contributed by atoms with Gasteiger partial charge in [0.15, 0.2) is 5.58 Å². The summed E-state index contributed by atoms with van der Waals surface area (Å²) < 4.78 is 11.0. The zero-order valence-corrected chi connectivity index (χ0v) is 14.8. The maximum atomic E-state index is 12.3. The second-order valence-corrected chi connectivity index (χ2v) is 6.07. The molecule has 3 rings (SSSR count). The number of hydrogen-bond donors (Lipinski definition) is 1. The molecule has 0 aliphatic carbocycles. The molecule has 1 N–H and O–H groups in total. The summed E-state index contributed by atoms with van der Waals surface area (Å²) in [4.78, 5) is 35.9. The Hall–Kier alpha value is -3.06. The van der Waals surface area contributed by atoms with Crippen LogP contribution in [-0.2, 0) is 16.1 Å². The number of carbonyl (C=O) groups excluding carboxylic acids is 2. The van der Waals surface area contributed by atoms with Crippen LogP contribution in [0.5, 0.6) is 0 Å². The lowest BCUT2D eigenvalue weighted by Crippen LogP contribution is -2.25. The number of amides is 1. The van der Waals surface area contributed by atoms with Gasteiger partial charge in [0.05, 0.1) is 18.2 Å². The van der Waals surface area contributed by atoms with E-state index in [1.165, 1.54) is 29.9 Å². The van der Waals surface area contributed by atoms with E-state index < -0.39 is 17.6 Å². The molecule has 2 aromatic carbocycles. The molecule has 0 saturated carbocycles. The van der Waals surface area contributed by atoms with Crippen LogP contribution in [0.1, 0.15) is 15.9 Å². The standard InChI is InChI=1S/C18H15ClN2O5/c1-10-7-12(19)4-5-13(10)20-16(22)9-21-14-6-3-11(17(23)25-2)8-15(14)26-18(21)24/h3-8H,9H2,1-2H3,(H,20,22). The van der Waals surface area contributed by atoms with E-state index in [1.54, 1.807) is 18.2 Å². The van der Waals surface area contributed by atoms with Gasteiger partial charge in [0.25, 0.3) is 0 Å². The van der Waals surface area contributed by atoms with Gasteiger partial charge < -0.3 is 14.5 Å². The predicted octanol–water partition coefficient (Wildman–Crippen LogP) is 2.98. The van der Waals surface area contributed by atoms with Crippen LogP contribution < -0.4 is 11.1 Å². The van der Waals surface area contributed by atoms with E-state index in [2.05, 4.69) is 10.1 Å². The molecule has 1 aromatic heterocycles. The van der Waals surface area contributed by atoms with Crippen LogP contribution in [0, 0.1) is 6.92 Å². The van der Waals surface area contributed by atoms with Crippen molar-refractivity contribution in [3.05, 3.63) is 63.1 Å². The first-order valence-electron chi connectivity index (χ1n) is 7.67. The summed E-state index contributed by atoms with van der Waals surface area (Å²) in [6.07, 6.45) is 0. The molecule has 0 spiro atoms. The Labute approximate surface area is 153 Å². The van der Waals surface area contributed by atoms with Crippen molar-refractivity contribution < 1.29 is 18.7 Å². The number of halogens is 1. The van der Waals surface area contributed by atoms with Crippen molar-refractivity contribution in [1.29, 1.82) is 0 Å². The fourth-order valence-electron chi connectivity index (χ4n) is 2.56. The van der Waals surface area contributed by atoms with E-state index in [4.69, 9.17) is 16.0 Å². The molecule has 0 radical (unpaired) electrons. The number of carbonyl (C=O) groups is 2. The predicted molar refractivity (Wildman–Crippen MR) is 96.6 cm³/mol. The van der Waals surface area contributed by atoms with Crippen LogP contribution in [0.4, 0.5) is 5.69 Å². The third-order valence-electron chi connectivity index (χ3n) is 3.85. The highest BCUT2D eigenvalue weighted by molar-refractivity contribution is 6.30. The zero-order valence-electron chi connectivity index (χ0n) is 14.0. The Morgan fingerprint density at radius 3 is 2.69 bits per heavy atom. The average Bonchev–Trinajstić information content (AvgIpc) is 2.91. The lowest BCUT2D eigenvalue weighted by molar-refractivity contribution is -0.116. The lowest BCUT2D eigenvalue weighted by atomic mass is 10.2. The number of oxazole rings is 1. The van der Waals surface area contributed by atoms with Crippen molar-refractivity contribution in [1.82, 2.24) is 4.57 Å². The maximum Gasteiger partial charge on any atom is 0.420 e. The molecule has 0 aliphatic rings. The van der Waals surface area contributed by atoms with Gasteiger partial charge >= 0.3 is 11.7 Å². The largest absolute Gasteiger partial charge is 0.465 e. The minimum absolute atomic E-state index is 0.202. The van der Waals surface area contributed by atoms with Gasteiger partial charge in [-0.15, -0.1) is 0 Å². The lowest BCUT2D eigenvalue weighted by Gasteiger charge is -2.09. The first-order valence-corrected chi connectivity index (χ1v) is 8.04. The van der Waals surface area contributed by atoms with Gasteiger partial charge in [0.2, 0.25) is 5.91 Å². The number of esters is 1. The molecule has 1 heterocycles. The highest BCUT2D eigenvalue weighted by atomic mass is 35.5. The quantitative estimate of drug-likeness (QED) is 0.709. The first kappa shape index (κ1) is 17.8. The molecule has 0 saturated heterocycles. The third kappa shape index (κ3) is 3.48. The average molecular weight is 375 g/mol. The minimum atomic E-state index is -0.690. The van der Waals surface area contributed by atoms with Crippen molar-refractivity contribution in [3.63, 3.8) is 0 Å². The molecular formula is C18H15ClN2O5. The number of hydrogen-bond acceptors (Lipinski definition) is 5. The number of nitrogens with one attached hydrogen (secondary N) is 1. The van der Waals surface area contributed by atoms with Gasteiger partial charge in [-0.25, -0.2) is 9.59 Å². The molecule has 0 unspecified atom stereocenters. The summed E-state index contributed by atoms with van der Waals surface area (Å²) in [7, 11) is 1.26. The SMILES string of the molecule is COC(=O)c1ccc2c(c1)oc(=O)n2CC(=O)Nc1ccc(Cl)cc1C. The van der Waals surface area contributed by atoms with Crippen molar-refractivity contribution >= 4 is 40.3 Å². The second-order valence-electron chi connectivity index (χ2n) is 5.64. The first-order chi connectivity index (χ1) is 12.4. The summed E-state index contributed by atoms with van der Waals surface area (Å²) >= 11 is 5.90. The Morgan fingerprint density at radius 1 is 1.23 bits per heavy atom. The molecule has 0 fully saturated rings. The summed E-state index contributed by atoms with van der Waals surface area (Å²) in [6.45, 7) is 1.58. The molecule has 0 aliphatic heterocycles. The Balaban J connectivity index is 1.86. The number of anilines is 1. The van der Waals surface area contributed by atoms with E-state index in [-0.39, 0.29) is 17.7 Å². The summed E-state index contributed by atoms with van der Waals surface area (Å²) in [5, 5.41) is 3.30. The van der Waals surface area contributed by atoms with Crippen LogP contribution in [0.3, 0.4) is 0 Å². The van der Waals surface area contributed by atoms with Gasteiger partial charge in [0, 0.05) is 10.7 Å². The summed E-state index contributed by atoms with van der Waals surface area (Å²) in [5.41, 5.74) is 2.27. The monoisotopic (exact) mass is 374 g/mol. The van der Waals surface area contributed by atoms with E-state index >= 15 is 0 Å². The van der Waals surface area contributed by atoms with Crippen LogP contribution >= 0.6 is 11.6 Å². The number of benzene rings is 2. The molecule has 7 nitrogen and oxygen atoms in total. The van der Waals surface area contributed by atoms with E-state index in [9.17, 15) is 14.4 Å². The normalized spacial score (nSPS) is 10.7. The summed E-state index contributed by atoms with van der Waals surface area (Å²) in [5.74, 6) is -1.62. The van der Waals surface area contributed by atoms with E-state index in [0.717, 1.165) is 5.56 Å². The van der Waals surface area contributed by atoms with Gasteiger partial charge in [-0.2, -0.15) is 0 Å². The Bertz CT molecular complexity index is 1070. The molecular weight excluding hydrogens is 360 g/mol.